The second-order valence-electron chi connectivity index (χ2n) is 6.38. The lowest BCUT2D eigenvalue weighted by molar-refractivity contribution is -0.0504. The third kappa shape index (κ3) is 7.90. The first kappa shape index (κ1) is 25.8. The van der Waals surface area contributed by atoms with Crippen LogP contribution >= 0.6 is 35.6 Å². The number of hydrogen-bond acceptors (Lipinski definition) is 5. The minimum absolute atomic E-state index is 0. The van der Waals surface area contributed by atoms with E-state index >= 15 is 0 Å². The monoisotopic (exact) mass is 577 g/mol. The van der Waals surface area contributed by atoms with Gasteiger partial charge in [-0.05, 0) is 37.3 Å². The number of ether oxygens (including phenoxy) is 1. The molecule has 0 aliphatic carbocycles. The van der Waals surface area contributed by atoms with Crippen LogP contribution in [0.4, 0.5) is 8.78 Å². The first-order valence-corrected chi connectivity index (χ1v) is 10.1. The zero-order chi connectivity index (χ0) is 22.1. The topological polar surface area (TPSA) is 84.6 Å². The van der Waals surface area contributed by atoms with E-state index in [-0.39, 0.29) is 36.3 Å². The molecule has 0 saturated carbocycles. The average Bonchev–Trinajstić information content (AvgIpc) is 3.22. The predicted molar refractivity (Wildman–Crippen MR) is 130 cm³/mol. The van der Waals surface area contributed by atoms with Crippen LogP contribution in [-0.2, 0) is 13.0 Å². The highest BCUT2D eigenvalue weighted by molar-refractivity contribution is 14.0. The lowest BCUT2D eigenvalue weighted by Gasteiger charge is -2.12. The maximum Gasteiger partial charge on any atom is 0.387 e. The molecular weight excluding hydrogens is 555 g/mol. The highest BCUT2D eigenvalue weighted by atomic mass is 127. The summed E-state index contributed by atoms with van der Waals surface area (Å²) >= 11 is 5.89. The number of nitrogens with zero attached hydrogens (tertiary/aromatic N) is 3. The predicted octanol–water partition coefficient (Wildman–Crippen LogP) is 4.91. The molecule has 172 valence electrons. The number of nitrogens with one attached hydrogen (secondary N) is 2. The maximum absolute atomic E-state index is 12.6. The summed E-state index contributed by atoms with van der Waals surface area (Å²) in [6.07, 6.45) is 0.482. The van der Waals surface area contributed by atoms with E-state index < -0.39 is 6.61 Å². The highest BCUT2D eigenvalue weighted by Gasteiger charge is 2.10. The van der Waals surface area contributed by atoms with E-state index in [1.165, 1.54) is 6.07 Å². The van der Waals surface area contributed by atoms with Crippen LogP contribution in [0, 0.1) is 0 Å². The number of guanidine groups is 1. The number of aromatic nitrogens is 2. The van der Waals surface area contributed by atoms with Crippen LogP contribution in [0.1, 0.15) is 18.4 Å². The Labute approximate surface area is 206 Å². The van der Waals surface area contributed by atoms with Gasteiger partial charge < -0.3 is 19.9 Å². The summed E-state index contributed by atoms with van der Waals surface area (Å²) in [5, 5.41) is 10.9. The number of hydrogen-bond donors (Lipinski definition) is 2. The minimum Gasteiger partial charge on any atom is -0.434 e. The summed E-state index contributed by atoms with van der Waals surface area (Å²) in [5.74, 6) is 1.61. The fourth-order valence-corrected chi connectivity index (χ4v) is 2.84. The van der Waals surface area contributed by atoms with Gasteiger partial charge >= 0.3 is 6.61 Å². The van der Waals surface area contributed by atoms with Gasteiger partial charge in [0.1, 0.15) is 5.75 Å². The number of para-hydroxylation sites is 1. The molecule has 0 atom stereocenters. The Bertz CT molecular complexity index is 1000. The van der Waals surface area contributed by atoms with Crippen molar-refractivity contribution >= 4 is 41.5 Å². The summed E-state index contributed by atoms with van der Waals surface area (Å²) in [4.78, 5) is 8.81. The fraction of sp³-hybridized carbons (Fsp3) is 0.286. The van der Waals surface area contributed by atoms with Crippen molar-refractivity contribution in [2.75, 3.05) is 13.1 Å². The van der Waals surface area contributed by atoms with Gasteiger partial charge in [-0.15, -0.1) is 24.0 Å². The van der Waals surface area contributed by atoms with Crippen LogP contribution in [0.5, 0.6) is 5.75 Å². The molecule has 0 saturated heterocycles. The van der Waals surface area contributed by atoms with Crippen LogP contribution in [0.3, 0.4) is 0 Å². The SMILES string of the molecule is CCNC(=NCc1ccccc1OC(F)F)NCCc1nc(-c2ccc(Cl)cc2)no1.I. The molecule has 0 radical (unpaired) electrons. The van der Waals surface area contributed by atoms with Crippen molar-refractivity contribution in [2.45, 2.75) is 26.5 Å². The molecule has 0 aliphatic heterocycles. The van der Waals surface area contributed by atoms with Gasteiger partial charge in [-0.25, -0.2) is 4.99 Å². The Balaban J connectivity index is 0.00000363. The van der Waals surface area contributed by atoms with Gasteiger partial charge in [0.05, 0.1) is 6.54 Å². The average molecular weight is 578 g/mol. The van der Waals surface area contributed by atoms with E-state index in [1.54, 1.807) is 30.3 Å². The summed E-state index contributed by atoms with van der Waals surface area (Å²) in [6.45, 7) is 0.357. The van der Waals surface area contributed by atoms with E-state index in [2.05, 4.69) is 30.5 Å². The number of alkyl halides is 2. The number of aliphatic imine (C=N–C) groups is 1. The zero-order valence-corrected chi connectivity index (χ0v) is 20.3. The van der Waals surface area contributed by atoms with Crippen molar-refractivity contribution in [1.29, 1.82) is 0 Å². The van der Waals surface area contributed by atoms with Crippen LogP contribution in [0.2, 0.25) is 5.02 Å². The third-order valence-electron chi connectivity index (χ3n) is 4.14. The zero-order valence-electron chi connectivity index (χ0n) is 17.2. The standard InChI is InChI=1S/C21H22ClF2N5O2.HI/c1-2-25-21(27-13-15-5-3-4-6-17(15)30-20(23)24)26-12-11-18-28-19(29-31-18)14-7-9-16(22)10-8-14;/h3-10,20H,2,11-13H2,1H3,(H2,25,26,27);1H. The van der Waals surface area contributed by atoms with Crippen LogP contribution in [0.25, 0.3) is 11.4 Å². The quantitative estimate of drug-likeness (QED) is 0.214. The number of benzene rings is 2. The van der Waals surface area contributed by atoms with Gasteiger partial charge in [0, 0.05) is 35.7 Å². The molecule has 2 N–H and O–H groups in total. The van der Waals surface area contributed by atoms with Crippen molar-refractivity contribution in [3.8, 4) is 17.1 Å². The molecule has 32 heavy (non-hydrogen) atoms. The third-order valence-corrected chi connectivity index (χ3v) is 4.39. The molecule has 1 heterocycles. The van der Waals surface area contributed by atoms with Crippen molar-refractivity contribution in [1.82, 2.24) is 20.8 Å². The normalized spacial score (nSPS) is 11.2. The van der Waals surface area contributed by atoms with Crippen LogP contribution in [-0.4, -0.2) is 35.8 Å². The van der Waals surface area contributed by atoms with Crippen LogP contribution in [0.15, 0.2) is 58.0 Å². The molecule has 0 fully saturated rings. The Hall–Kier alpha value is -2.47. The molecule has 3 aromatic rings. The molecule has 0 amide bonds. The summed E-state index contributed by atoms with van der Waals surface area (Å²) in [5.41, 5.74) is 1.37. The second-order valence-corrected chi connectivity index (χ2v) is 6.81. The second kappa shape index (κ2) is 13.2. The molecule has 0 unspecified atom stereocenters. The maximum atomic E-state index is 12.6. The number of rotatable bonds is 9. The Morgan fingerprint density at radius 1 is 1.16 bits per heavy atom. The Morgan fingerprint density at radius 2 is 1.91 bits per heavy atom. The molecule has 3 rings (SSSR count). The Morgan fingerprint density at radius 3 is 2.62 bits per heavy atom. The smallest absolute Gasteiger partial charge is 0.387 e. The molecule has 11 heteroatoms. The molecule has 2 aromatic carbocycles. The summed E-state index contributed by atoms with van der Waals surface area (Å²) in [6, 6.07) is 13.7. The van der Waals surface area contributed by atoms with Gasteiger partial charge in [0.25, 0.3) is 0 Å². The van der Waals surface area contributed by atoms with Crippen molar-refractivity contribution in [3.63, 3.8) is 0 Å². The molecular formula is C21H23ClF2IN5O2. The van der Waals surface area contributed by atoms with Crippen molar-refractivity contribution in [3.05, 3.63) is 65.0 Å². The highest BCUT2D eigenvalue weighted by Crippen LogP contribution is 2.21. The van der Waals surface area contributed by atoms with Crippen molar-refractivity contribution < 1.29 is 18.0 Å². The van der Waals surface area contributed by atoms with E-state index in [4.69, 9.17) is 16.1 Å². The molecule has 1 aromatic heterocycles. The fourth-order valence-electron chi connectivity index (χ4n) is 2.71. The lowest BCUT2D eigenvalue weighted by Crippen LogP contribution is -2.38. The van der Waals surface area contributed by atoms with Crippen molar-refractivity contribution in [2.24, 2.45) is 4.99 Å². The van der Waals surface area contributed by atoms with E-state index in [9.17, 15) is 8.78 Å². The summed E-state index contributed by atoms with van der Waals surface area (Å²) < 4.78 is 35.0. The van der Waals surface area contributed by atoms with Gasteiger partial charge in [-0.1, -0.05) is 35.0 Å². The molecule has 0 spiro atoms. The molecule has 0 aliphatic rings. The first-order chi connectivity index (χ1) is 15.0. The first-order valence-electron chi connectivity index (χ1n) is 9.68. The molecule has 0 bridgehead atoms. The van der Waals surface area contributed by atoms with Gasteiger partial charge in [0.15, 0.2) is 5.96 Å². The van der Waals surface area contributed by atoms with E-state index in [0.29, 0.717) is 47.8 Å². The number of halogens is 4. The van der Waals surface area contributed by atoms with Gasteiger partial charge in [-0.2, -0.15) is 13.8 Å². The summed E-state index contributed by atoms with van der Waals surface area (Å²) in [7, 11) is 0. The van der Waals surface area contributed by atoms with Gasteiger partial charge in [0.2, 0.25) is 11.7 Å². The largest absolute Gasteiger partial charge is 0.434 e. The minimum atomic E-state index is -2.89. The Kier molecular flexibility index (Phi) is 10.6. The van der Waals surface area contributed by atoms with E-state index in [1.807, 2.05) is 19.1 Å². The van der Waals surface area contributed by atoms with Crippen LogP contribution < -0.4 is 15.4 Å². The molecule has 7 nitrogen and oxygen atoms in total. The van der Waals surface area contributed by atoms with Gasteiger partial charge in [-0.3, -0.25) is 0 Å². The lowest BCUT2D eigenvalue weighted by atomic mass is 10.2. The van der Waals surface area contributed by atoms with E-state index in [0.717, 1.165) is 5.56 Å².